The predicted octanol–water partition coefficient (Wildman–Crippen LogP) is 1.53. The molecule has 6 heteroatoms. The van der Waals surface area contributed by atoms with E-state index in [0.29, 0.717) is 32.4 Å². The van der Waals surface area contributed by atoms with Gasteiger partial charge < -0.3 is 20.0 Å². The molecule has 2 atom stereocenters. The minimum Gasteiger partial charge on any atom is -0.480 e. The highest BCUT2D eigenvalue weighted by Gasteiger charge is 2.31. The first kappa shape index (κ1) is 16.8. The molecule has 1 aliphatic rings. The maximum absolute atomic E-state index is 12.5. The van der Waals surface area contributed by atoms with Crippen LogP contribution in [-0.4, -0.2) is 63.3 Å². The van der Waals surface area contributed by atoms with Crippen molar-refractivity contribution >= 4 is 12.0 Å². The molecule has 0 radical (unpaired) electrons. The summed E-state index contributed by atoms with van der Waals surface area (Å²) >= 11 is 0. The monoisotopic (exact) mass is 286 g/mol. The normalized spacial score (nSPS) is 24.9. The molecule has 1 fully saturated rings. The topological polar surface area (TPSA) is 81.1 Å². The Morgan fingerprint density at radius 3 is 2.55 bits per heavy atom. The fourth-order valence-electron chi connectivity index (χ4n) is 2.41. The zero-order valence-corrected chi connectivity index (χ0v) is 12.6. The van der Waals surface area contributed by atoms with Gasteiger partial charge in [0.2, 0.25) is 0 Å². The fraction of sp³-hybridized carbons (Fsp3) is 0.857. The largest absolute Gasteiger partial charge is 0.480 e. The second-order valence-electron chi connectivity index (χ2n) is 5.90. The first-order chi connectivity index (χ1) is 9.26. The third-order valence-electron chi connectivity index (χ3n) is 4.01. The standard InChI is InChI=1S/C14H26N2O4/c1-4-11(2)16(10-12(17)18)13(19)15-8-5-6-14(3,20)7-9-15/h11,20H,4-10H2,1-3H3,(H,17,18). The molecule has 1 rings (SSSR count). The van der Waals surface area contributed by atoms with Crippen molar-refractivity contribution in [1.29, 1.82) is 0 Å². The summed E-state index contributed by atoms with van der Waals surface area (Å²) in [5, 5.41) is 19.0. The minimum atomic E-state index is -1.000. The Balaban J connectivity index is 2.75. The third-order valence-corrected chi connectivity index (χ3v) is 4.01. The average Bonchev–Trinajstić information content (AvgIpc) is 2.55. The smallest absolute Gasteiger partial charge is 0.323 e. The molecule has 20 heavy (non-hydrogen) atoms. The number of urea groups is 1. The highest BCUT2D eigenvalue weighted by Crippen LogP contribution is 2.22. The van der Waals surface area contributed by atoms with Crippen LogP contribution in [0.15, 0.2) is 0 Å². The SMILES string of the molecule is CCC(C)N(CC(=O)O)C(=O)N1CCCC(C)(O)CC1. The van der Waals surface area contributed by atoms with Gasteiger partial charge in [0, 0.05) is 19.1 Å². The van der Waals surface area contributed by atoms with Crippen molar-refractivity contribution in [1.82, 2.24) is 9.80 Å². The maximum atomic E-state index is 12.5. The number of carboxylic acid groups (broad SMARTS) is 1. The van der Waals surface area contributed by atoms with Crippen LogP contribution in [0.25, 0.3) is 0 Å². The van der Waals surface area contributed by atoms with Gasteiger partial charge in [0.1, 0.15) is 6.54 Å². The second-order valence-corrected chi connectivity index (χ2v) is 5.90. The molecule has 0 aromatic rings. The zero-order valence-electron chi connectivity index (χ0n) is 12.6. The van der Waals surface area contributed by atoms with E-state index < -0.39 is 11.6 Å². The van der Waals surface area contributed by atoms with Crippen molar-refractivity contribution in [3.8, 4) is 0 Å². The van der Waals surface area contributed by atoms with Crippen LogP contribution in [0.5, 0.6) is 0 Å². The molecular formula is C14H26N2O4. The lowest BCUT2D eigenvalue weighted by Crippen LogP contribution is -2.49. The molecule has 0 aromatic carbocycles. The van der Waals surface area contributed by atoms with Crippen LogP contribution in [0.2, 0.25) is 0 Å². The summed E-state index contributed by atoms with van der Waals surface area (Å²) in [6, 6.07) is -0.346. The maximum Gasteiger partial charge on any atom is 0.323 e. The lowest BCUT2D eigenvalue weighted by Gasteiger charge is -2.33. The first-order valence-corrected chi connectivity index (χ1v) is 7.26. The van der Waals surface area contributed by atoms with Gasteiger partial charge in [-0.2, -0.15) is 0 Å². The van der Waals surface area contributed by atoms with Gasteiger partial charge in [-0.25, -0.2) is 4.79 Å². The van der Waals surface area contributed by atoms with Crippen LogP contribution in [0, 0.1) is 0 Å². The summed E-state index contributed by atoms with van der Waals surface area (Å²) in [6.45, 7) is 6.33. The Morgan fingerprint density at radius 2 is 2.00 bits per heavy atom. The van der Waals surface area contributed by atoms with Gasteiger partial charge in [0.25, 0.3) is 0 Å². The summed E-state index contributed by atoms with van der Waals surface area (Å²) in [5.41, 5.74) is -0.733. The number of carboxylic acids is 1. The summed E-state index contributed by atoms with van der Waals surface area (Å²) in [7, 11) is 0. The number of carbonyl (C=O) groups excluding carboxylic acids is 1. The Kier molecular flexibility index (Phi) is 5.80. The molecule has 2 unspecified atom stereocenters. The van der Waals surface area contributed by atoms with Crippen molar-refractivity contribution in [2.45, 2.75) is 58.1 Å². The molecule has 0 saturated carbocycles. The van der Waals surface area contributed by atoms with Crippen molar-refractivity contribution < 1.29 is 19.8 Å². The summed E-state index contributed by atoms with van der Waals surface area (Å²) < 4.78 is 0. The van der Waals surface area contributed by atoms with E-state index in [1.807, 2.05) is 13.8 Å². The Hall–Kier alpha value is -1.30. The van der Waals surface area contributed by atoms with Gasteiger partial charge >= 0.3 is 12.0 Å². The van der Waals surface area contributed by atoms with E-state index in [2.05, 4.69) is 0 Å². The number of hydrogen-bond donors (Lipinski definition) is 2. The van der Waals surface area contributed by atoms with Crippen LogP contribution >= 0.6 is 0 Å². The molecule has 0 spiro atoms. The van der Waals surface area contributed by atoms with Crippen molar-refractivity contribution in [2.24, 2.45) is 0 Å². The number of aliphatic hydroxyl groups is 1. The molecule has 1 heterocycles. The predicted molar refractivity (Wildman–Crippen MR) is 75.5 cm³/mol. The van der Waals surface area contributed by atoms with E-state index in [1.165, 1.54) is 4.90 Å². The van der Waals surface area contributed by atoms with Gasteiger partial charge in [-0.05, 0) is 39.5 Å². The van der Waals surface area contributed by atoms with Gasteiger partial charge in [0.05, 0.1) is 5.60 Å². The number of aliphatic carboxylic acids is 1. The molecule has 2 N–H and O–H groups in total. The lowest BCUT2D eigenvalue weighted by atomic mass is 9.98. The van der Waals surface area contributed by atoms with E-state index in [9.17, 15) is 14.7 Å². The first-order valence-electron chi connectivity index (χ1n) is 7.26. The lowest BCUT2D eigenvalue weighted by molar-refractivity contribution is -0.138. The molecular weight excluding hydrogens is 260 g/mol. The third kappa shape index (κ3) is 4.67. The zero-order chi connectivity index (χ0) is 15.3. The van der Waals surface area contributed by atoms with E-state index in [-0.39, 0.29) is 18.6 Å². The fourth-order valence-corrected chi connectivity index (χ4v) is 2.41. The minimum absolute atomic E-state index is 0.109. The molecule has 0 aliphatic carbocycles. The number of rotatable bonds is 4. The van der Waals surface area contributed by atoms with Gasteiger partial charge in [-0.15, -0.1) is 0 Å². The van der Waals surface area contributed by atoms with E-state index in [4.69, 9.17) is 5.11 Å². The molecule has 116 valence electrons. The van der Waals surface area contributed by atoms with Gasteiger partial charge in [-0.3, -0.25) is 4.79 Å². The molecule has 1 saturated heterocycles. The Morgan fingerprint density at radius 1 is 1.35 bits per heavy atom. The van der Waals surface area contributed by atoms with Crippen molar-refractivity contribution in [3.63, 3.8) is 0 Å². The summed E-state index contributed by atoms with van der Waals surface area (Å²) in [4.78, 5) is 26.5. The molecule has 0 aromatic heterocycles. The quantitative estimate of drug-likeness (QED) is 0.821. The molecule has 2 amide bonds. The number of carbonyl (C=O) groups is 2. The van der Waals surface area contributed by atoms with Crippen LogP contribution in [0.4, 0.5) is 4.79 Å². The van der Waals surface area contributed by atoms with Crippen LogP contribution in [0.1, 0.15) is 46.5 Å². The Bertz CT molecular complexity index is 357. The van der Waals surface area contributed by atoms with E-state index >= 15 is 0 Å². The molecule has 6 nitrogen and oxygen atoms in total. The van der Waals surface area contributed by atoms with E-state index in [0.717, 1.165) is 6.42 Å². The number of hydrogen-bond acceptors (Lipinski definition) is 3. The van der Waals surface area contributed by atoms with Crippen LogP contribution < -0.4 is 0 Å². The van der Waals surface area contributed by atoms with Crippen molar-refractivity contribution in [3.05, 3.63) is 0 Å². The number of amides is 2. The summed E-state index contributed by atoms with van der Waals surface area (Å²) in [6.07, 6.45) is 2.64. The van der Waals surface area contributed by atoms with E-state index in [1.54, 1.807) is 11.8 Å². The summed E-state index contributed by atoms with van der Waals surface area (Å²) in [5.74, 6) is -1.000. The second kappa shape index (κ2) is 6.92. The molecule has 1 aliphatic heterocycles. The number of likely N-dealkylation sites (tertiary alicyclic amines) is 1. The van der Waals surface area contributed by atoms with Gasteiger partial charge in [-0.1, -0.05) is 6.92 Å². The average molecular weight is 286 g/mol. The molecule has 0 bridgehead atoms. The highest BCUT2D eigenvalue weighted by molar-refractivity contribution is 5.80. The number of nitrogens with zero attached hydrogens (tertiary/aromatic N) is 2. The highest BCUT2D eigenvalue weighted by atomic mass is 16.4. The Labute approximate surface area is 120 Å². The van der Waals surface area contributed by atoms with Crippen molar-refractivity contribution in [2.75, 3.05) is 19.6 Å². The van der Waals surface area contributed by atoms with Crippen LogP contribution in [-0.2, 0) is 4.79 Å². The van der Waals surface area contributed by atoms with Gasteiger partial charge in [0.15, 0.2) is 0 Å². The van der Waals surface area contributed by atoms with Crippen LogP contribution in [0.3, 0.4) is 0 Å².